The maximum Gasteiger partial charge on any atom is 0.311 e. The summed E-state index contributed by atoms with van der Waals surface area (Å²) in [4.78, 5) is 14.2. The molecule has 3 aliphatic rings. The molecule has 3 saturated heterocycles. The average Bonchev–Trinajstić information content (AvgIpc) is 3.07. The first kappa shape index (κ1) is 15.3. The van der Waals surface area contributed by atoms with Crippen LogP contribution in [0.25, 0.3) is 0 Å². The first-order valence-electron chi connectivity index (χ1n) is 8.17. The number of hydrogen-bond donors (Lipinski definition) is 1. The minimum absolute atomic E-state index is 0.102. The van der Waals surface area contributed by atoms with Crippen LogP contribution in [-0.4, -0.2) is 60.5 Å². The minimum atomic E-state index is -0.633. The van der Waals surface area contributed by atoms with Crippen LogP contribution in [0, 0.1) is 11.3 Å². The summed E-state index contributed by atoms with van der Waals surface area (Å²) in [5.41, 5.74) is -0.674. The van der Waals surface area contributed by atoms with Gasteiger partial charge in [-0.25, -0.2) is 0 Å². The number of carboxylic acids is 1. The van der Waals surface area contributed by atoms with Gasteiger partial charge in [0.15, 0.2) is 0 Å². The predicted molar refractivity (Wildman–Crippen MR) is 78.2 cm³/mol. The maximum absolute atomic E-state index is 11.8. The maximum atomic E-state index is 11.8. The third-order valence-corrected chi connectivity index (χ3v) is 5.91. The lowest BCUT2D eigenvalue weighted by molar-refractivity contribution is -0.151. The van der Waals surface area contributed by atoms with Crippen molar-refractivity contribution < 1.29 is 19.4 Å². The Hall–Kier alpha value is -0.650. The van der Waals surface area contributed by atoms with Crippen LogP contribution in [-0.2, 0) is 14.3 Å². The molecule has 3 unspecified atom stereocenters. The Morgan fingerprint density at radius 3 is 2.71 bits per heavy atom. The largest absolute Gasteiger partial charge is 0.481 e. The lowest BCUT2D eigenvalue weighted by Crippen LogP contribution is -2.50. The average molecular weight is 297 g/mol. The van der Waals surface area contributed by atoms with Gasteiger partial charge in [-0.3, -0.25) is 9.69 Å². The zero-order valence-electron chi connectivity index (χ0n) is 13.1. The highest BCUT2D eigenvalue weighted by molar-refractivity contribution is 5.75. The van der Waals surface area contributed by atoms with Gasteiger partial charge in [0, 0.05) is 32.2 Å². The molecule has 1 spiro atoms. The highest BCUT2D eigenvalue weighted by Crippen LogP contribution is 2.42. The van der Waals surface area contributed by atoms with Crippen LogP contribution >= 0.6 is 0 Å². The van der Waals surface area contributed by atoms with Gasteiger partial charge < -0.3 is 14.6 Å². The molecule has 0 aromatic heterocycles. The molecule has 3 rings (SSSR count). The predicted octanol–water partition coefficient (Wildman–Crippen LogP) is 1.76. The van der Waals surface area contributed by atoms with E-state index in [9.17, 15) is 9.90 Å². The second-order valence-corrected chi connectivity index (χ2v) is 7.32. The van der Waals surface area contributed by atoms with Crippen molar-refractivity contribution >= 4 is 5.97 Å². The molecular weight excluding hydrogens is 270 g/mol. The van der Waals surface area contributed by atoms with E-state index in [2.05, 4.69) is 4.90 Å². The summed E-state index contributed by atoms with van der Waals surface area (Å²) in [6, 6.07) is 0.445. The first-order chi connectivity index (χ1) is 9.97. The summed E-state index contributed by atoms with van der Waals surface area (Å²) in [7, 11) is 0. The molecule has 0 aromatic rings. The quantitative estimate of drug-likeness (QED) is 0.860. The highest BCUT2D eigenvalue weighted by atomic mass is 16.6. The number of nitrogens with zero attached hydrogens (tertiary/aromatic N) is 1. The van der Waals surface area contributed by atoms with E-state index in [-0.39, 0.29) is 11.5 Å². The Bertz CT molecular complexity index is 405. The highest BCUT2D eigenvalue weighted by Gasteiger charge is 2.50. The summed E-state index contributed by atoms with van der Waals surface area (Å²) < 4.78 is 11.5. The van der Waals surface area contributed by atoms with Gasteiger partial charge in [-0.2, -0.15) is 0 Å². The third kappa shape index (κ3) is 2.60. The van der Waals surface area contributed by atoms with Crippen LogP contribution in [0.3, 0.4) is 0 Å². The van der Waals surface area contributed by atoms with Gasteiger partial charge in [-0.1, -0.05) is 13.8 Å². The molecule has 21 heavy (non-hydrogen) atoms. The number of hydrogen-bond acceptors (Lipinski definition) is 4. The SMILES string of the molecule is CC(C)C1(C(=O)O)CCN(C2CCOC3(CCOC3)C2)C1. The van der Waals surface area contributed by atoms with E-state index in [0.29, 0.717) is 19.2 Å². The van der Waals surface area contributed by atoms with Gasteiger partial charge in [-0.05, 0) is 31.7 Å². The molecule has 3 fully saturated rings. The molecule has 0 aromatic carbocycles. The van der Waals surface area contributed by atoms with Crippen LogP contribution in [0.2, 0.25) is 0 Å². The molecule has 0 radical (unpaired) electrons. The molecule has 0 aliphatic carbocycles. The van der Waals surface area contributed by atoms with Gasteiger partial charge in [-0.15, -0.1) is 0 Å². The molecule has 1 N–H and O–H groups in total. The fourth-order valence-electron chi connectivity index (χ4n) is 4.24. The van der Waals surface area contributed by atoms with Crippen LogP contribution in [0.1, 0.15) is 39.5 Å². The Labute approximate surface area is 126 Å². The molecule has 0 amide bonds. The molecule has 0 saturated carbocycles. The number of likely N-dealkylation sites (tertiary alicyclic amines) is 1. The topological polar surface area (TPSA) is 59.0 Å². The zero-order chi connectivity index (χ0) is 15.1. The van der Waals surface area contributed by atoms with Crippen molar-refractivity contribution in [1.82, 2.24) is 4.90 Å². The van der Waals surface area contributed by atoms with Gasteiger partial charge in [0.05, 0.1) is 17.6 Å². The van der Waals surface area contributed by atoms with Crippen molar-refractivity contribution in [2.75, 3.05) is 32.9 Å². The van der Waals surface area contributed by atoms with Crippen LogP contribution in [0.4, 0.5) is 0 Å². The van der Waals surface area contributed by atoms with E-state index in [1.807, 2.05) is 13.8 Å². The van der Waals surface area contributed by atoms with Crippen molar-refractivity contribution in [3.05, 3.63) is 0 Å². The lowest BCUT2D eigenvalue weighted by atomic mass is 9.76. The van der Waals surface area contributed by atoms with Gasteiger partial charge >= 0.3 is 5.97 Å². The van der Waals surface area contributed by atoms with Crippen molar-refractivity contribution in [2.45, 2.75) is 51.2 Å². The van der Waals surface area contributed by atoms with Crippen molar-refractivity contribution in [2.24, 2.45) is 11.3 Å². The fraction of sp³-hybridized carbons (Fsp3) is 0.938. The number of carboxylic acid groups (broad SMARTS) is 1. The van der Waals surface area contributed by atoms with Crippen LogP contribution in [0.15, 0.2) is 0 Å². The van der Waals surface area contributed by atoms with Crippen LogP contribution in [0.5, 0.6) is 0 Å². The third-order valence-electron chi connectivity index (χ3n) is 5.91. The van der Waals surface area contributed by atoms with Crippen molar-refractivity contribution in [1.29, 1.82) is 0 Å². The Kier molecular flexibility index (Phi) is 4.01. The fourth-order valence-corrected chi connectivity index (χ4v) is 4.24. The molecule has 0 bridgehead atoms. The summed E-state index contributed by atoms with van der Waals surface area (Å²) in [5, 5.41) is 9.68. The van der Waals surface area contributed by atoms with Gasteiger partial charge in [0.1, 0.15) is 0 Å². The number of carbonyl (C=O) groups is 1. The van der Waals surface area contributed by atoms with Crippen molar-refractivity contribution in [3.63, 3.8) is 0 Å². The molecule has 5 heteroatoms. The smallest absolute Gasteiger partial charge is 0.311 e. The first-order valence-corrected chi connectivity index (χ1v) is 8.17. The van der Waals surface area contributed by atoms with E-state index in [4.69, 9.17) is 9.47 Å². The molecular formula is C16H27NO4. The molecule has 3 atom stereocenters. The summed E-state index contributed by atoms with van der Waals surface area (Å²) in [6.45, 7) is 7.91. The minimum Gasteiger partial charge on any atom is -0.481 e. The molecule has 3 aliphatic heterocycles. The summed E-state index contributed by atoms with van der Waals surface area (Å²) in [6.07, 6.45) is 3.74. The normalized spacial score (nSPS) is 41.2. The molecule has 120 valence electrons. The zero-order valence-corrected chi connectivity index (χ0v) is 13.1. The van der Waals surface area contributed by atoms with E-state index in [1.54, 1.807) is 0 Å². The Morgan fingerprint density at radius 2 is 2.14 bits per heavy atom. The Balaban J connectivity index is 1.69. The van der Waals surface area contributed by atoms with Gasteiger partial charge in [0.2, 0.25) is 0 Å². The number of ether oxygens (including phenoxy) is 2. The van der Waals surface area contributed by atoms with Gasteiger partial charge in [0.25, 0.3) is 0 Å². The van der Waals surface area contributed by atoms with Crippen molar-refractivity contribution in [3.8, 4) is 0 Å². The standard InChI is InChI=1S/C16H27NO4/c1-12(2)16(14(18)19)4-6-17(10-16)13-3-7-21-15(9-13)5-8-20-11-15/h12-13H,3-11H2,1-2H3,(H,18,19). The Morgan fingerprint density at radius 1 is 1.33 bits per heavy atom. The molecule has 5 nitrogen and oxygen atoms in total. The number of aliphatic carboxylic acids is 1. The van der Waals surface area contributed by atoms with E-state index in [0.717, 1.165) is 45.4 Å². The van der Waals surface area contributed by atoms with E-state index < -0.39 is 11.4 Å². The second-order valence-electron chi connectivity index (χ2n) is 7.32. The summed E-state index contributed by atoms with van der Waals surface area (Å²) >= 11 is 0. The monoisotopic (exact) mass is 297 g/mol. The molecule has 3 heterocycles. The van der Waals surface area contributed by atoms with E-state index >= 15 is 0 Å². The lowest BCUT2D eigenvalue weighted by Gasteiger charge is -2.41. The van der Waals surface area contributed by atoms with E-state index in [1.165, 1.54) is 0 Å². The second kappa shape index (κ2) is 5.52. The number of rotatable bonds is 3. The summed E-state index contributed by atoms with van der Waals surface area (Å²) in [5.74, 6) is -0.463. The van der Waals surface area contributed by atoms with Crippen LogP contribution < -0.4 is 0 Å².